The molecule has 1 rings (SSSR count). The standard InChI is InChI=1S/C6H7NO.C4H6O6/c8-5-6-3-1-2-4-7-6;5-1(3(7)8)2(6)4(9)10/h1-4,8H,5H2;1-2,5-6H,(H,7,8)(H,9,10). The van der Waals surface area contributed by atoms with Crippen LogP contribution in [0.5, 0.6) is 0 Å². The number of carboxylic acid groups (broad SMARTS) is 2. The Kier molecular flexibility index (Phi) is 7.20. The molecule has 8 nitrogen and oxygen atoms in total. The summed E-state index contributed by atoms with van der Waals surface area (Å²) in [6, 6.07) is 5.44. The molecule has 0 bridgehead atoms. The van der Waals surface area contributed by atoms with Gasteiger partial charge in [0.15, 0.2) is 12.2 Å². The van der Waals surface area contributed by atoms with Gasteiger partial charge in [0.25, 0.3) is 0 Å². The summed E-state index contributed by atoms with van der Waals surface area (Å²) >= 11 is 0. The van der Waals surface area contributed by atoms with Crippen molar-refractivity contribution in [1.82, 2.24) is 4.98 Å². The Bertz CT molecular complexity index is 363. The van der Waals surface area contributed by atoms with Crippen LogP contribution in [-0.4, -0.2) is 54.7 Å². The first kappa shape index (κ1) is 16.0. The van der Waals surface area contributed by atoms with Gasteiger partial charge >= 0.3 is 11.9 Å². The third-order valence-electron chi connectivity index (χ3n) is 1.69. The van der Waals surface area contributed by atoms with Gasteiger partial charge in [-0.2, -0.15) is 0 Å². The number of pyridine rings is 1. The van der Waals surface area contributed by atoms with Gasteiger partial charge in [0.1, 0.15) is 0 Å². The third kappa shape index (κ3) is 5.89. The van der Waals surface area contributed by atoms with E-state index in [1.807, 2.05) is 12.1 Å². The molecule has 0 spiro atoms. The Morgan fingerprint density at radius 3 is 1.83 bits per heavy atom. The highest BCUT2D eigenvalue weighted by atomic mass is 16.4. The molecule has 8 heteroatoms. The number of aromatic nitrogens is 1. The lowest BCUT2D eigenvalue weighted by atomic mass is 10.2. The van der Waals surface area contributed by atoms with E-state index in [9.17, 15) is 9.59 Å². The SMILES string of the molecule is O=C(O)C(O)C(O)C(=O)O.OCc1ccccn1. The summed E-state index contributed by atoms with van der Waals surface area (Å²) in [5, 5.41) is 41.0. The van der Waals surface area contributed by atoms with Crippen LogP contribution in [0.15, 0.2) is 24.4 Å². The first-order valence-electron chi connectivity index (χ1n) is 4.72. The fourth-order valence-electron chi connectivity index (χ4n) is 0.762. The third-order valence-corrected chi connectivity index (χ3v) is 1.69. The lowest BCUT2D eigenvalue weighted by molar-refractivity contribution is -0.165. The van der Waals surface area contributed by atoms with E-state index < -0.39 is 24.1 Å². The molecule has 0 amide bonds. The summed E-state index contributed by atoms with van der Waals surface area (Å²) in [5.41, 5.74) is 0.715. The molecule has 2 atom stereocenters. The Morgan fingerprint density at radius 2 is 1.61 bits per heavy atom. The van der Waals surface area contributed by atoms with Crippen LogP contribution in [0, 0.1) is 0 Å². The van der Waals surface area contributed by atoms with E-state index in [0.717, 1.165) is 0 Å². The van der Waals surface area contributed by atoms with Crippen molar-refractivity contribution in [3.05, 3.63) is 30.1 Å². The molecule has 0 radical (unpaired) electrons. The zero-order valence-corrected chi connectivity index (χ0v) is 9.17. The maximum absolute atomic E-state index is 9.77. The molecule has 18 heavy (non-hydrogen) atoms. The predicted molar refractivity (Wildman–Crippen MR) is 57.4 cm³/mol. The quantitative estimate of drug-likeness (QED) is 0.436. The highest BCUT2D eigenvalue weighted by molar-refractivity contribution is 5.83. The molecule has 0 aliphatic carbocycles. The van der Waals surface area contributed by atoms with Crippen LogP contribution < -0.4 is 0 Å². The summed E-state index contributed by atoms with van der Waals surface area (Å²) in [6.45, 7) is 0.0286. The van der Waals surface area contributed by atoms with Crippen molar-refractivity contribution in [2.24, 2.45) is 0 Å². The number of carboxylic acids is 2. The number of nitrogens with zero attached hydrogens (tertiary/aromatic N) is 1. The molecule has 0 aliphatic rings. The molecule has 2 unspecified atom stereocenters. The summed E-state index contributed by atoms with van der Waals surface area (Å²) in [5.74, 6) is -3.54. The number of hydrogen-bond donors (Lipinski definition) is 5. The maximum Gasteiger partial charge on any atom is 0.335 e. The van der Waals surface area contributed by atoms with E-state index in [1.165, 1.54) is 0 Å². The largest absolute Gasteiger partial charge is 0.479 e. The van der Waals surface area contributed by atoms with E-state index in [1.54, 1.807) is 12.3 Å². The second kappa shape index (κ2) is 8.12. The highest BCUT2D eigenvalue weighted by Crippen LogP contribution is 1.92. The molecule has 100 valence electrons. The van der Waals surface area contributed by atoms with E-state index in [0.29, 0.717) is 5.69 Å². The van der Waals surface area contributed by atoms with E-state index in [2.05, 4.69) is 4.98 Å². The van der Waals surface area contributed by atoms with Gasteiger partial charge in [0.05, 0.1) is 12.3 Å². The zero-order chi connectivity index (χ0) is 14.1. The molecule has 5 N–H and O–H groups in total. The van der Waals surface area contributed by atoms with E-state index in [-0.39, 0.29) is 6.61 Å². The molecule has 1 aromatic heterocycles. The molecular weight excluding hydrogens is 246 g/mol. The molecule has 1 heterocycles. The first-order valence-corrected chi connectivity index (χ1v) is 4.72. The van der Waals surface area contributed by atoms with Crippen LogP contribution in [0.4, 0.5) is 0 Å². The van der Waals surface area contributed by atoms with Gasteiger partial charge in [-0.1, -0.05) is 6.07 Å². The predicted octanol–water partition coefficient (Wildman–Crippen LogP) is -1.55. The van der Waals surface area contributed by atoms with Crippen molar-refractivity contribution in [2.45, 2.75) is 18.8 Å². The molecule has 0 aromatic carbocycles. The smallest absolute Gasteiger partial charge is 0.335 e. The van der Waals surface area contributed by atoms with E-state index in [4.69, 9.17) is 25.5 Å². The van der Waals surface area contributed by atoms with Crippen molar-refractivity contribution in [3.63, 3.8) is 0 Å². The van der Waals surface area contributed by atoms with Gasteiger partial charge < -0.3 is 25.5 Å². The lowest BCUT2D eigenvalue weighted by Crippen LogP contribution is -2.39. The molecular formula is C10H13NO7. The Balaban J connectivity index is 0.000000327. The fraction of sp³-hybridized carbons (Fsp3) is 0.300. The summed E-state index contributed by atoms with van der Waals surface area (Å²) in [7, 11) is 0. The van der Waals surface area contributed by atoms with Crippen molar-refractivity contribution in [1.29, 1.82) is 0 Å². The van der Waals surface area contributed by atoms with Crippen LogP contribution in [-0.2, 0) is 16.2 Å². The zero-order valence-electron chi connectivity index (χ0n) is 9.17. The average molecular weight is 259 g/mol. The maximum atomic E-state index is 9.77. The second-order valence-corrected chi connectivity index (χ2v) is 3.05. The van der Waals surface area contributed by atoms with Gasteiger partial charge in [-0.15, -0.1) is 0 Å². The number of hydrogen-bond acceptors (Lipinski definition) is 6. The lowest BCUT2D eigenvalue weighted by Gasteiger charge is -2.07. The van der Waals surface area contributed by atoms with Crippen molar-refractivity contribution in [3.8, 4) is 0 Å². The van der Waals surface area contributed by atoms with E-state index >= 15 is 0 Å². The van der Waals surface area contributed by atoms with Gasteiger partial charge in [-0.3, -0.25) is 4.98 Å². The number of rotatable bonds is 4. The topological polar surface area (TPSA) is 148 Å². The summed E-state index contributed by atoms with van der Waals surface area (Å²) in [6.07, 6.45) is -2.87. The van der Waals surface area contributed by atoms with Crippen molar-refractivity contribution in [2.75, 3.05) is 0 Å². The van der Waals surface area contributed by atoms with Crippen LogP contribution in [0.3, 0.4) is 0 Å². The average Bonchev–Trinajstić information content (AvgIpc) is 2.38. The van der Waals surface area contributed by atoms with Crippen molar-refractivity contribution >= 4 is 11.9 Å². The first-order chi connectivity index (χ1) is 8.40. The number of aliphatic carboxylic acids is 2. The van der Waals surface area contributed by atoms with Crippen molar-refractivity contribution < 1.29 is 35.1 Å². The monoisotopic (exact) mass is 259 g/mol. The normalized spacial score (nSPS) is 12.8. The number of carbonyl (C=O) groups is 2. The minimum Gasteiger partial charge on any atom is -0.479 e. The fourth-order valence-corrected chi connectivity index (χ4v) is 0.762. The van der Waals surface area contributed by atoms with Crippen LogP contribution in [0.2, 0.25) is 0 Å². The second-order valence-electron chi connectivity index (χ2n) is 3.05. The number of aliphatic hydroxyl groups is 3. The highest BCUT2D eigenvalue weighted by Gasteiger charge is 2.29. The van der Waals surface area contributed by atoms with Gasteiger partial charge in [0.2, 0.25) is 0 Å². The Morgan fingerprint density at radius 1 is 1.11 bits per heavy atom. The van der Waals surface area contributed by atoms with Gasteiger partial charge in [0, 0.05) is 6.20 Å². The van der Waals surface area contributed by atoms with Gasteiger partial charge in [-0.25, -0.2) is 9.59 Å². The number of aliphatic hydroxyl groups excluding tert-OH is 3. The molecule has 0 saturated heterocycles. The molecule has 1 aromatic rings. The minimum absolute atomic E-state index is 0.0286. The summed E-state index contributed by atoms with van der Waals surface area (Å²) < 4.78 is 0. The summed E-state index contributed by atoms with van der Waals surface area (Å²) in [4.78, 5) is 23.4. The van der Waals surface area contributed by atoms with Crippen LogP contribution in [0.1, 0.15) is 5.69 Å². The molecule has 0 saturated carbocycles. The van der Waals surface area contributed by atoms with Crippen LogP contribution >= 0.6 is 0 Å². The van der Waals surface area contributed by atoms with Crippen LogP contribution in [0.25, 0.3) is 0 Å². The Labute approximate surface area is 102 Å². The Hall–Kier alpha value is -2.03. The molecule has 0 fully saturated rings. The molecule has 0 aliphatic heterocycles. The minimum atomic E-state index is -2.27. The van der Waals surface area contributed by atoms with Gasteiger partial charge in [-0.05, 0) is 12.1 Å².